The van der Waals surface area contributed by atoms with Crippen molar-refractivity contribution >= 4 is 0 Å². The molecule has 0 aliphatic carbocycles. The number of ether oxygens (including phenoxy) is 2. The molecule has 1 heterocycles. The van der Waals surface area contributed by atoms with E-state index in [2.05, 4.69) is 6.58 Å². The van der Waals surface area contributed by atoms with E-state index in [4.69, 9.17) is 9.47 Å². The van der Waals surface area contributed by atoms with Crippen molar-refractivity contribution in [1.82, 2.24) is 0 Å². The van der Waals surface area contributed by atoms with Gasteiger partial charge in [0, 0.05) is 22.6 Å². The summed E-state index contributed by atoms with van der Waals surface area (Å²) in [5.74, 6) is -3.99. The SMILES string of the molecule is C=CC1CCC(c2ccc(-c3ccc(-c4ccc(OC)c(F)c4F)cc3)c(F)c2F)OC1. The van der Waals surface area contributed by atoms with Gasteiger partial charge in [-0.1, -0.05) is 42.5 Å². The molecule has 1 aliphatic heterocycles. The van der Waals surface area contributed by atoms with E-state index in [9.17, 15) is 17.6 Å². The fraction of sp³-hybridized carbons (Fsp3) is 0.231. The molecule has 0 aromatic heterocycles. The molecule has 2 atom stereocenters. The summed E-state index contributed by atoms with van der Waals surface area (Å²) in [4.78, 5) is 0. The second-order valence-corrected chi connectivity index (χ2v) is 7.75. The number of hydrogen-bond acceptors (Lipinski definition) is 2. The zero-order valence-electron chi connectivity index (χ0n) is 17.5. The maximum Gasteiger partial charge on any atom is 0.201 e. The Kier molecular flexibility index (Phi) is 6.33. The van der Waals surface area contributed by atoms with Gasteiger partial charge >= 0.3 is 0 Å². The lowest BCUT2D eigenvalue weighted by Gasteiger charge is -2.28. The van der Waals surface area contributed by atoms with E-state index >= 15 is 0 Å². The zero-order chi connectivity index (χ0) is 22.8. The van der Waals surface area contributed by atoms with Crippen LogP contribution in [0.3, 0.4) is 0 Å². The monoisotopic (exact) mass is 442 g/mol. The molecule has 166 valence electrons. The first-order valence-electron chi connectivity index (χ1n) is 10.3. The quantitative estimate of drug-likeness (QED) is 0.306. The van der Waals surface area contributed by atoms with Gasteiger partial charge in [0.05, 0.1) is 19.8 Å². The Morgan fingerprint density at radius 1 is 0.812 bits per heavy atom. The van der Waals surface area contributed by atoms with Gasteiger partial charge in [-0.15, -0.1) is 6.58 Å². The Morgan fingerprint density at radius 3 is 1.94 bits per heavy atom. The summed E-state index contributed by atoms with van der Waals surface area (Å²) in [5.41, 5.74) is 1.14. The third kappa shape index (κ3) is 4.02. The Bertz CT molecular complexity index is 1130. The molecule has 2 unspecified atom stereocenters. The minimum absolute atomic E-state index is 0.0455. The van der Waals surface area contributed by atoms with Crippen molar-refractivity contribution < 1.29 is 27.0 Å². The van der Waals surface area contributed by atoms with Gasteiger partial charge in [-0.25, -0.2) is 13.2 Å². The topological polar surface area (TPSA) is 18.5 Å². The lowest BCUT2D eigenvalue weighted by atomic mass is 9.92. The second-order valence-electron chi connectivity index (χ2n) is 7.75. The summed E-state index contributed by atoms with van der Waals surface area (Å²) >= 11 is 0. The summed E-state index contributed by atoms with van der Waals surface area (Å²) in [6.45, 7) is 4.17. The molecule has 2 nitrogen and oxygen atoms in total. The van der Waals surface area contributed by atoms with Crippen molar-refractivity contribution in [3.05, 3.63) is 90.0 Å². The molecule has 6 heteroatoms. The molecule has 3 aromatic carbocycles. The molecular weight excluding hydrogens is 420 g/mol. The first-order valence-corrected chi connectivity index (χ1v) is 10.3. The smallest absolute Gasteiger partial charge is 0.201 e. The van der Waals surface area contributed by atoms with E-state index in [1.165, 1.54) is 37.4 Å². The molecule has 0 N–H and O–H groups in total. The Balaban J connectivity index is 1.60. The van der Waals surface area contributed by atoms with E-state index in [0.29, 0.717) is 24.2 Å². The molecule has 32 heavy (non-hydrogen) atoms. The number of hydrogen-bond donors (Lipinski definition) is 0. The maximum absolute atomic E-state index is 14.9. The summed E-state index contributed by atoms with van der Waals surface area (Å²) in [6.07, 6.45) is 2.71. The Morgan fingerprint density at radius 2 is 1.41 bits per heavy atom. The first kappa shape index (κ1) is 22.1. The van der Waals surface area contributed by atoms with Crippen LogP contribution in [0.2, 0.25) is 0 Å². The molecular formula is C26H22F4O2. The molecule has 4 rings (SSSR count). The van der Waals surface area contributed by atoms with Crippen LogP contribution in [0, 0.1) is 29.2 Å². The van der Waals surface area contributed by atoms with Crippen LogP contribution >= 0.6 is 0 Å². The molecule has 0 radical (unpaired) electrons. The van der Waals surface area contributed by atoms with Gasteiger partial charge in [0.15, 0.2) is 23.2 Å². The van der Waals surface area contributed by atoms with E-state index < -0.39 is 29.4 Å². The van der Waals surface area contributed by atoms with Gasteiger partial charge in [-0.05, 0) is 36.1 Å². The normalized spacial score (nSPS) is 18.4. The molecule has 0 spiro atoms. The summed E-state index contributed by atoms with van der Waals surface area (Å²) < 4.78 is 68.6. The van der Waals surface area contributed by atoms with Gasteiger partial charge in [0.2, 0.25) is 5.82 Å². The minimum Gasteiger partial charge on any atom is -0.494 e. The fourth-order valence-corrected chi connectivity index (χ4v) is 3.98. The highest BCUT2D eigenvalue weighted by Gasteiger charge is 2.26. The number of benzene rings is 3. The van der Waals surface area contributed by atoms with E-state index in [1.807, 2.05) is 6.08 Å². The predicted octanol–water partition coefficient (Wildman–Crippen LogP) is 7.24. The molecule has 1 aliphatic rings. The Labute approximate surface area is 184 Å². The molecule has 0 bridgehead atoms. The average molecular weight is 442 g/mol. The largest absolute Gasteiger partial charge is 0.494 e. The highest BCUT2D eigenvalue weighted by atomic mass is 19.2. The van der Waals surface area contributed by atoms with Gasteiger partial charge in [-0.2, -0.15) is 4.39 Å². The van der Waals surface area contributed by atoms with Crippen LogP contribution in [0.15, 0.2) is 61.2 Å². The summed E-state index contributed by atoms with van der Waals surface area (Å²) in [7, 11) is 1.25. The van der Waals surface area contributed by atoms with Gasteiger partial charge in [0.25, 0.3) is 0 Å². The Hall–Kier alpha value is -3.12. The van der Waals surface area contributed by atoms with E-state index in [1.54, 1.807) is 18.2 Å². The van der Waals surface area contributed by atoms with Crippen molar-refractivity contribution in [2.24, 2.45) is 5.92 Å². The van der Waals surface area contributed by atoms with Gasteiger partial charge in [-0.3, -0.25) is 0 Å². The molecule has 3 aromatic rings. The van der Waals surface area contributed by atoms with E-state index in [0.717, 1.165) is 6.42 Å². The highest BCUT2D eigenvalue weighted by Crippen LogP contribution is 2.36. The van der Waals surface area contributed by atoms with Crippen molar-refractivity contribution in [3.63, 3.8) is 0 Å². The lowest BCUT2D eigenvalue weighted by Crippen LogP contribution is -2.20. The lowest BCUT2D eigenvalue weighted by molar-refractivity contribution is -0.00732. The zero-order valence-corrected chi connectivity index (χ0v) is 17.5. The highest BCUT2D eigenvalue weighted by molar-refractivity contribution is 5.71. The van der Waals surface area contributed by atoms with Crippen molar-refractivity contribution in [1.29, 1.82) is 0 Å². The molecule has 0 saturated carbocycles. The fourth-order valence-electron chi connectivity index (χ4n) is 3.98. The number of rotatable bonds is 5. The second kappa shape index (κ2) is 9.17. The van der Waals surface area contributed by atoms with Crippen molar-refractivity contribution in [2.75, 3.05) is 13.7 Å². The molecule has 1 saturated heterocycles. The summed E-state index contributed by atoms with van der Waals surface area (Å²) in [5, 5.41) is 0. The van der Waals surface area contributed by atoms with Crippen molar-refractivity contribution in [2.45, 2.75) is 18.9 Å². The van der Waals surface area contributed by atoms with Crippen LogP contribution in [0.5, 0.6) is 5.75 Å². The number of methoxy groups -OCH3 is 1. The predicted molar refractivity (Wildman–Crippen MR) is 115 cm³/mol. The number of halogens is 4. The standard InChI is InChI=1S/C26H22F4O2/c1-3-15-4-12-21(32-14-15)20-10-9-18(23(27)25(20)29)16-5-7-17(8-6-16)19-11-13-22(31-2)26(30)24(19)28/h3,5-11,13,15,21H,1,4,12,14H2,2H3. The third-order valence-corrected chi connectivity index (χ3v) is 5.88. The van der Waals surface area contributed by atoms with Crippen LogP contribution in [0.4, 0.5) is 17.6 Å². The van der Waals surface area contributed by atoms with Crippen LogP contribution in [-0.4, -0.2) is 13.7 Å². The van der Waals surface area contributed by atoms with E-state index in [-0.39, 0.29) is 28.4 Å². The van der Waals surface area contributed by atoms with Gasteiger partial charge in [0.1, 0.15) is 0 Å². The van der Waals surface area contributed by atoms with Gasteiger partial charge < -0.3 is 9.47 Å². The average Bonchev–Trinajstić information content (AvgIpc) is 2.83. The third-order valence-electron chi connectivity index (χ3n) is 5.88. The minimum atomic E-state index is -1.08. The van der Waals surface area contributed by atoms with Crippen LogP contribution in [0.25, 0.3) is 22.3 Å². The molecule has 0 amide bonds. The van der Waals surface area contributed by atoms with Crippen LogP contribution in [-0.2, 0) is 4.74 Å². The molecule has 1 fully saturated rings. The van der Waals surface area contributed by atoms with Crippen LogP contribution < -0.4 is 4.74 Å². The van der Waals surface area contributed by atoms with Crippen LogP contribution in [0.1, 0.15) is 24.5 Å². The van der Waals surface area contributed by atoms with Crippen molar-refractivity contribution in [3.8, 4) is 28.0 Å². The summed E-state index contributed by atoms with van der Waals surface area (Å²) in [6, 6.07) is 11.9. The maximum atomic E-state index is 14.9. The first-order chi connectivity index (χ1) is 15.4.